The number of para-hydroxylation sites is 1. The molecule has 0 aromatic heterocycles. The molecule has 0 spiro atoms. The number of amides is 3. The molecule has 2 aromatic carbocycles. The van der Waals surface area contributed by atoms with E-state index in [1.807, 2.05) is 35.6 Å². The molecule has 0 aliphatic rings. The van der Waals surface area contributed by atoms with E-state index in [4.69, 9.17) is 15.2 Å². The molecule has 0 fully saturated rings. The molecule has 0 heterocycles. The zero-order valence-electron chi connectivity index (χ0n) is 15.2. The van der Waals surface area contributed by atoms with Crippen molar-refractivity contribution in [1.29, 1.82) is 0 Å². The molecule has 0 aliphatic carbocycles. The number of primary amides is 1. The Morgan fingerprint density at radius 3 is 2.26 bits per heavy atom. The molecule has 0 bridgehead atoms. The van der Waals surface area contributed by atoms with Gasteiger partial charge in [0.15, 0.2) is 6.10 Å². The van der Waals surface area contributed by atoms with Gasteiger partial charge in [0.25, 0.3) is 5.91 Å². The summed E-state index contributed by atoms with van der Waals surface area (Å²) in [5.74, 6) is -1.51. The molecule has 0 aliphatic heterocycles. The maximum absolute atomic E-state index is 12.6. The second-order valence-electron chi connectivity index (χ2n) is 6.19. The first-order valence-electron chi connectivity index (χ1n) is 8.45. The first kappa shape index (κ1) is 20.0. The van der Waals surface area contributed by atoms with Crippen LogP contribution in [0.5, 0.6) is 5.75 Å². The Hall–Kier alpha value is -3.35. The molecule has 0 saturated carbocycles. The molecule has 3 N–H and O–H groups in total. The number of imide groups is 1. The van der Waals surface area contributed by atoms with Crippen LogP contribution in [0.25, 0.3) is 0 Å². The molecular formula is C20H22N2O5. The lowest BCUT2D eigenvalue weighted by Gasteiger charge is -2.20. The van der Waals surface area contributed by atoms with Gasteiger partial charge in [-0.15, -0.1) is 0 Å². The zero-order chi connectivity index (χ0) is 19.8. The summed E-state index contributed by atoms with van der Waals surface area (Å²) in [7, 11) is 0. The number of hydrogen-bond donors (Lipinski definition) is 2. The van der Waals surface area contributed by atoms with E-state index in [2.05, 4.69) is 0 Å². The van der Waals surface area contributed by atoms with Crippen molar-refractivity contribution < 1.29 is 23.9 Å². The van der Waals surface area contributed by atoms with Crippen molar-refractivity contribution in [3.63, 3.8) is 0 Å². The Morgan fingerprint density at radius 1 is 1.00 bits per heavy atom. The van der Waals surface area contributed by atoms with E-state index >= 15 is 0 Å². The van der Waals surface area contributed by atoms with Crippen LogP contribution < -0.4 is 15.8 Å². The maximum atomic E-state index is 12.6. The molecule has 0 saturated heterocycles. The summed E-state index contributed by atoms with van der Waals surface area (Å²) >= 11 is 0. The number of nitrogens with two attached hydrogens (primary N) is 1. The van der Waals surface area contributed by atoms with E-state index in [9.17, 15) is 14.4 Å². The van der Waals surface area contributed by atoms with Crippen LogP contribution in [0.15, 0.2) is 54.6 Å². The lowest BCUT2D eigenvalue weighted by atomic mass is 10.1. The average molecular weight is 370 g/mol. The monoisotopic (exact) mass is 370 g/mol. The van der Waals surface area contributed by atoms with Crippen LogP contribution in [0.1, 0.15) is 29.8 Å². The normalized spacial score (nSPS) is 11.5. The minimum atomic E-state index is -1.16. The Balaban J connectivity index is 2.13. The lowest BCUT2D eigenvalue weighted by Crippen LogP contribution is -2.45. The third-order valence-corrected chi connectivity index (χ3v) is 3.69. The number of hydrogen-bond acceptors (Lipinski definition) is 5. The second-order valence-corrected chi connectivity index (χ2v) is 6.19. The van der Waals surface area contributed by atoms with Gasteiger partial charge < -0.3 is 15.2 Å². The fourth-order valence-electron chi connectivity index (χ4n) is 2.36. The van der Waals surface area contributed by atoms with Gasteiger partial charge in [0, 0.05) is 0 Å². The predicted octanol–water partition coefficient (Wildman–Crippen LogP) is 2.64. The molecule has 7 nitrogen and oxygen atoms in total. The number of benzene rings is 2. The van der Waals surface area contributed by atoms with Crippen molar-refractivity contribution in [3.05, 3.63) is 65.7 Å². The summed E-state index contributed by atoms with van der Waals surface area (Å²) in [6.07, 6.45) is -1.16. The highest BCUT2D eigenvalue weighted by Crippen LogP contribution is 2.22. The van der Waals surface area contributed by atoms with Crippen LogP contribution in [0.4, 0.5) is 4.79 Å². The highest BCUT2D eigenvalue weighted by atomic mass is 16.6. The minimum absolute atomic E-state index is 0.186. The van der Waals surface area contributed by atoms with Crippen molar-refractivity contribution in [3.8, 4) is 5.75 Å². The Morgan fingerprint density at radius 2 is 1.63 bits per heavy atom. The Kier molecular flexibility index (Phi) is 6.93. The first-order chi connectivity index (χ1) is 12.9. The highest BCUT2D eigenvalue weighted by molar-refractivity contribution is 5.99. The summed E-state index contributed by atoms with van der Waals surface area (Å²) in [4.78, 5) is 35.5. The van der Waals surface area contributed by atoms with Gasteiger partial charge in [0.1, 0.15) is 17.9 Å². The van der Waals surface area contributed by atoms with Crippen molar-refractivity contribution in [2.45, 2.75) is 26.6 Å². The van der Waals surface area contributed by atoms with Gasteiger partial charge in [-0.05, 0) is 23.6 Å². The zero-order valence-corrected chi connectivity index (χ0v) is 15.2. The van der Waals surface area contributed by atoms with Crippen LogP contribution in [-0.2, 0) is 16.1 Å². The van der Waals surface area contributed by atoms with Crippen molar-refractivity contribution in [1.82, 2.24) is 5.32 Å². The van der Waals surface area contributed by atoms with Crippen LogP contribution in [0, 0.1) is 5.92 Å². The Bertz CT molecular complexity index is 805. The van der Waals surface area contributed by atoms with Gasteiger partial charge in [0.05, 0.1) is 0 Å². The number of nitrogens with one attached hydrogen (secondary N) is 1. The fraction of sp³-hybridized carbons (Fsp3) is 0.250. The third-order valence-electron chi connectivity index (χ3n) is 3.69. The van der Waals surface area contributed by atoms with E-state index in [0.717, 1.165) is 5.56 Å². The van der Waals surface area contributed by atoms with Crippen molar-refractivity contribution >= 4 is 17.9 Å². The van der Waals surface area contributed by atoms with E-state index in [-0.39, 0.29) is 18.1 Å². The van der Waals surface area contributed by atoms with Gasteiger partial charge in [-0.25, -0.2) is 9.59 Å². The summed E-state index contributed by atoms with van der Waals surface area (Å²) in [5.41, 5.74) is 6.09. The molecular weight excluding hydrogens is 348 g/mol. The fourth-order valence-corrected chi connectivity index (χ4v) is 2.36. The van der Waals surface area contributed by atoms with Crippen LogP contribution in [-0.4, -0.2) is 24.0 Å². The van der Waals surface area contributed by atoms with Crippen LogP contribution in [0.2, 0.25) is 0 Å². The molecule has 2 rings (SSSR count). The lowest BCUT2D eigenvalue weighted by molar-refractivity contribution is -0.130. The number of urea groups is 1. The largest absolute Gasteiger partial charge is 0.488 e. The van der Waals surface area contributed by atoms with Gasteiger partial charge in [-0.3, -0.25) is 10.1 Å². The highest BCUT2D eigenvalue weighted by Gasteiger charge is 2.28. The summed E-state index contributed by atoms with van der Waals surface area (Å²) in [6, 6.07) is 15.1. The quantitative estimate of drug-likeness (QED) is 0.729. The van der Waals surface area contributed by atoms with Crippen LogP contribution >= 0.6 is 0 Å². The number of esters is 1. The van der Waals surface area contributed by atoms with E-state index in [1.54, 1.807) is 38.1 Å². The SMILES string of the molecule is CC(C)[C@H](OC(=O)c1ccccc1OCc1ccccc1)C(=O)NC(N)=O. The molecule has 1 atom stereocenters. The standard InChI is InChI=1S/C20H22N2O5/c1-13(2)17(18(23)22-20(21)25)27-19(24)15-10-6-7-11-16(15)26-12-14-8-4-3-5-9-14/h3-11,13,17H,12H2,1-2H3,(H3,21,22,23,25)/t17-/m0/s1. The molecule has 7 heteroatoms. The van der Waals surface area contributed by atoms with Gasteiger partial charge >= 0.3 is 12.0 Å². The third kappa shape index (κ3) is 5.85. The van der Waals surface area contributed by atoms with E-state index in [0.29, 0.717) is 5.75 Å². The van der Waals surface area contributed by atoms with Gasteiger partial charge in [0.2, 0.25) is 0 Å². The summed E-state index contributed by atoms with van der Waals surface area (Å²) in [5, 5.41) is 1.93. The first-order valence-corrected chi connectivity index (χ1v) is 8.45. The number of carbonyl (C=O) groups is 3. The smallest absolute Gasteiger partial charge is 0.342 e. The molecule has 0 radical (unpaired) electrons. The van der Waals surface area contributed by atoms with Crippen molar-refractivity contribution in [2.24, 2.45) is 11.7 Å². The van der Waals surface area contributed by atoms with E-state index in [1.165, 1.54) is 0 Å². The second kappa shape index (κ2) is 9.38. The molecule has 142 valence electrons. The molecule has 27 heavy (non-hydrogen) atoms. The van der Waals surface area contributed by atoms with Gasteiger partial charge in [-0.2, -0.15) is 0 Å². The molecule has 0 unspecified atom stereocenters. The summed E-state index contributed by atoms with van der Waals surface area (Å²) in [6.45, 7) is 3.66. The average Bonchev–Trinajstić information content (AvgIpc) is 2.64. The predicted molar refractivity (Wildman–Crippen MR) is 99.0 cm³/mol. The maximum Gasteiger partial charge on any atom is 0.342 e. The number of ether oxygens (including phenoxy) is 2. The summed E-state index contributed by atoms with van der Waals surface area (Å²) < 4.78 is 11.1. The van der Waals surface area contributed by atoms with Crippen molar-refractivity contribution in [2.75, 3.05) is 0 Å². The van der Waals surface area contributed by atoms with Crippen LogP contribution in [0.3, 0.4) is 0 Å². The topological polar surface area (TPSA) is 108 Å². The van der Waals surface area contributed by atoms with Gasteiger partial charge in [-0.1, -0.05) is 56.3 Å². The molecule has 3 amide bonds. The Labute approximate surface area is 157 Å². The minimum Gasteiger partial charge on any atom is -0.488 e. The number of carbonyl (C=O) groups excluding carboxylic acids is 3. The molecule has 2 aromatic rings. The number of rotatable bonds is 7. The van der Waals surface area contributed by atoms with E-state index < -0.39 is 24.0 Å².